The van der Waals surface area contributed by atoms with E-state index in [1.165, 1.54) is 24.3 Å². The van der Waals surface area contributed by atoms with E-state index >= 15 is 0 Å². The second kappa shape index (κ2) is 5.93. The van der Waals surface area contributed by atoms with E-state index in [2.05, 4.69) is 5.32 Å². The Balaban J connectivity index is 2.36. The van der Waals surface area contributed by atoms with E-state index in [9.17, 15) is 14.0 Å². The number of aryl methyl sites for hydroxylation is 1. The third-order valence-electron chi connectivity index (χ3n) is 2.85. The van der Waals surface area contributed by atoms with E-state index in [0.717, 1.165) is 11.6 Å². The fourth-order valence-electron chi connectivity index (χ4n) is 1.81. The van der Waals surface area contributed by atoms with Crippen LogP contribution in [0.5, 0.6) is 0 Å². The van der Waals surface area contributed by atoms with Crippen molar-refractivity contribution >= 4 is 29.2 Å². The zero-order chi connectivity index (χ0) is 15.6. The van der Waals surface area contributed by atoms with Crippen molar-refractivity contribution in [3.8, 4) is 0 Å². The van der Waals surface area contributed by atoms with Gasteiger partial charge in [0.2, 0.25) is 0 Å². The maximum absolute atomic E-state index is 13.3. The molecule has 0 heterocycles. The van der Waals surface area contributed by atoms with E-state index in [1.807, 2.05) is 0 Å². The maximum Gasteiger partial charge on any atom is 0.337 e. The Hall–Kier alpha value is -2.40. The molecular weight excluding hydrogens is 297 g/mol. The predicted octanol–water partition coefficient (Wildman–Crippen LogP) is 3.74. The van der Waals surface area contributed by atoms with Gasteiger partial charge in [-0.05, 0) is 31.2 Å². The van der Waals surface area contributed by atoms with Crippen LogP contribution in [0.1, 0.15) is 26.3 Å². The number of benzene rings is 2. The molecule has 21 heavy (non-hydrogen) atoms. The normalized spacial score (nSPS) is 10.2. The summed E-state index contributed by atoms with van der Waals surface area (Å²) in [5, 5.41) is 11.3. The molecule has 0 radical (unpaired) electrons. The first-order valence-corrected chi connectivity index (χ1v) is 6.37. The van der Waals surface area contributed by atoms with E-state index in [0.29, 0.717) is 0 Å². The van der Waals surface area contributed by atoms with Crippen molar-refractivity contribution < 1.29 is 19.1 Å². The van der Waals surface area contributed by atoms with Crippen LogP contribution in [0, 0.1) is 12.7 Å². The maximum atomic E-state index is 13.3. The topological polar surface area (TPSA) is 66.4 Å². The molecule has 2 aromatic carbocycles. The third kappa shape index (κ3) is 3.20. The van der Waals surface area contributed by atoms with E-state index < -0.39 is 17.7 Å². The van der Waals surface area contributed by atoms with Crippen molar-refractivity contribution in [3.05, 3.63) is 63.9 Å². The smallest absolute Gasteiger partial charge is 0.337 e. The fourth-order valence-corrected chi connectivity index (χ4v) is 2.02. The number of aromatic carboxylic acids is 1. The molecule has 0 spiro atoms. The second-order valence-corrected chi connectivity index (χ2v) is 4.79. The Morgan fingerprint density at radius 2 is 1.90 bits per heavy atom. The van der Waals surface area contributed by atoms with E-state index in [1.54, 1.807) is 13.0 Å². The molecule has 4 nitrogen and oxygen atoms in total. The molecule has 2 N–H and O–H groups in total. The van der Waals surface area contributed by atoms with Gasteiger partial charge in [-0.25, -0.2) is 9.18 Å². The van der Waals surface area contributed by atoms with Gasteiger partial charge in [0.25, 0.3) is 5.91 Å². The van der Waals surface area contributed by atoms with Crippen LogP contribution < -0.4 is 5.32 Å². The summed E-state index contributed by atoms with van der Waals surface area (Å²) in [5.74, 6) is -2.56. The molecule has 0 aliphatic heterocycles. The Morgan fingerprint density at radius 3 is 2.57 bits per heavy atom. The molecule has 0 bridgehead atoms. The highest BCUT2D eigenvalue weighted by Crippen LogP contribution is 2.23. The number of amides is 1. The van der Waals surface area contributed by atoms with Crippen LogP contribution in [0.2, 0.25) is 5.02 Å². The zero-order valence-electron chi connectivity index (χ0n) is 11.0. The zero-order valence-corrected chi connectivity index (χ0v) is 11.7. The quantitative estimate of drug-likeness (QED) is 0.907. The lowest BCUT2D eigenvalue weighted by Crippen LogP contribution is -2.15. The minimum Gasteiger partial charge on any atom is -0.478 e. The Labute approximate surface area is 125 Å². The van der Waals surface area contributed by atoms with Crippen LogP contribution in [0.4, 0.5) is 10.1 Å². The number of carboxylic acid groups (broad SMARTS) is 1. The van der Waals surface area contributed by atoms with Crippen LogP contribution in [0.15, 0.2) is 36.4 Å². The lowest BCUT2D eigenvalue weighted by molar-refractivity contribution is 0.0698. The van der Waals surface area contributed by atoms with Gasteiger partial charge in [-0.1, -0.05) is 29.3 Å². The Bertz CT molecular complexity index is 731. The Morgan fingerprint density at radius 1 is 1.19 bits per heavy atom. The van der Waals surface area contributed by atoms with E-state index in [4.69, 9.17) is 16.7 Å². The number of nitrogens with one attached hydrogen (secondary N) is 1. The lowest BCUT2D eigenvalue weighted by Gasteiger charge is -2.10. The van der Waals surface area contributed by atoms with Gasteiger partial charge in [0.05, 0.1) is 21.8 Å². The molecule has 6 heteroatoms. The molecule has 0 aliphatic rings. The largest absolute Gasteiger partial charge is 0.478 e. The summed E-state index contributed by atoms with van der Waals surface area (Å²) in [6.45, 7) is 1.74. The van der Waals surface area contributed by atoms with Crippen LogP contribution >= 0.6 is 11.6 Å². The van der Waals surface area contributed by atoms with Gasteiger partial charge in [0.15, 0.2) is 0 Å². The van der Waals surface area contributed by atoms with Crippen LogP contribution in [-0.2, 0) is 0 Å². The first-order chi connectivity index (χ1) is 9.90. The van der Waals surface area contributed by atoms with Crippen molar-refractivity contribution in [2.75, 3.05) is 5.32 Å². The SMILES string of the molecule is Cc1ccc(NC(=O)c2cccc(F)c2Cl)c(C(=O)O)c1. The first kappa shape index (κ1) is 15.0. The lowest BCUT2D eigenvalue weighted by atomic mass is 10.1. The van der Waals surface area contributed by atoms with E-state index in [-0.39, 0.29) is 21.8 Å². The summed E-state index contributed by atoms with van der Waals surface area (Å²) < 4.78 is 13.3. The summed E-state index contributed by atoms with van der Waals surface area (Å²) in [6, 6.07) is 8.41. The first-order valence-electron chi connectivity index (χ1n) is 5.99. The van der Waals surface area contributed by atoms with Gasteiger partial charge in [0, 0.05) is 0 Å². The molecule has 0 fully saturated rings. The molecule has 108 valence electrons. The molecule has 0 aliphatic carbocycles. The molecule has 0 aromatic heterocycles. The van der Waals surface area contributed by atoms with Crippen molar-refractivity contribution in [3.63, 3.8) is 0 Å². The standard InChI is InChI=1S/C15H11ClFNO3/c1-8-5-6-12(10(7-8)15(20)21)18-14(19)9-3-2-4-11(17)13(9)16/h2-7H,1H3,(H,18,19)(H,20,21). The highest BCUT2D eigenvalue weighted by Gasteiger charge is 2.17. The third-order valence-corrected chi connectivity index (χ3v) is 3.23. The van der Waals surface area contributed by atoms with Gasteiger partial charge in [-0.15, -0.1) is 0 Å². The number of hydrogen-bond donors (Lipinski definition) is 2. The second-order valence-electron chi connectivity index (χ2n) is 4.41. The molecule has 0 saturated heterocycles. The molecule has 2 rings (SSSR count). The molecular formula is C15H11ClFNO3. The van der Waals surface area contributed by atoms with Crippen molar-refractivity contribution in [2.24, 2.45) is 0 Å². The summed E-state index contributed by atoms with van der Waals surface area (Å²) >= 11 is 5.73. The number of rotatable bonds is 3. The van der Waals surface area contributed by atoms with Crippen LogP contribution in [0.3, 0.4) is 0 Å². The molecule has 0 saturated carbocycles. The summed E-state index contributed by atoms with van der Waals surface area (Å²) in [5.41, 5.74) is 0.761. The summed E-state index contributed by atoms with van der Waals surface area (Å²) in [4.78, 5) is 23.3. The highest BCUT2D eigenvalue weighted by molar-refractivity contribution is 6.34. The van der Waals surface area contributed by atoms with Gasteiger partial charge >= 0.3 is 5.97 Å². The van der Waals surface area contributed by atoms with Crippen LogP contribution in [0.25, 0.3) is 0 Å². The van der Waals surface area contributed by atoms with Gasteiger partial charge in [0.1, 0.15) is 5.82 Å². The number of carboxylic acids is 1. The van der Waals surface area contributed by atoms with Gasteiger partial charge in [-0.2, -0.15) is 0 Å². The number of hydrogen-bond acceptors (Lipinski definition) is 2. The molecule has 0 atom stereocenters. The minimum absolute atomic E-state index is 0.0455. The van der Waals surface area contributed by atoms with Gasteiger partial charge < -0.3 is 10.4 Å². The van der Waals surface area contributed by atoms with Crippen molar-refractivity contribution in [1.29, 1.82) is 0 Å². The predicted molar refractivity (Wildman–Crippen MR) is 77.5 cm³/mol. The average molecular weight is 308 g/mol. The van der Waals surface area contributed by atoms with Crippen molar-refractivity contribution in [2.45, 2.75) is 6.92 Å². The van der Waals surface area contributed by atoms with Crippen LogP contribution in [-0.4, -0.2) is 17.0 Å². The monoisotopic (exact) mass is 307 g/mol. The van der Waals surface area contributed by atoms with Crippen molar-refractivity contribution in [1.82, 2.24) is 0 Å². The number of anilines is 1. The molecule has 2 aromatic rings. The summed E-state index contributed by atoms with van der Waals surface area (Å²) in [6.07, 6.45) is 0. The Kier molecular flexibility index (Phi) is 4.23. The molecule has 1 amide bonds. The number of halogens is 2. The van der Waals surface area contributed by atoms with Gasteiger partial charge in [-0.3, -0.25) is 4.79 Å². The number of carbonyl (C=O) groups is 2. The fraction of sp³-hybridized carbons (Fsp3) is 0.0667. The number of carbonyl (C=O) groups excluding carboxylic acids is 1. The molecule has 0 unspecified atom stereocenters. The average Bonchev–Trinajstić information content (AvgIpc) is 2.43. The highest BCUT2D eigenvalue weighted by atomic mass is 35.5. The summed E-state index contributed by atoms with van der Waals surface area (Å²) in [7, 11) is 0. The minimum atomic E-state index is -1.17.